The van der Waals surface area contributed by atoms with Crippen molar-refractivity contribution in [3.05, 3.63) is 265 Å². The van der Waals surface area contributed by atoms with Crippen molar-refractivity contribution in [1.82, 2.24) is 9.13 Å². The normalized spacial score (nSPS) is 13.9. The zero-order chi connectivity index (χ0) is 49.5. The van der Waals surface area contributed by atoms with Crippen molar-refractivity contribution in [3.63, 3.8) is 0 Å². The zero-order valence-electron chi connectivity index (χ0n) is 42.0. The highest BCUT2D eigenvalue weighted by Crippen LogP contribution is 2.52. The van der Waals surface area contributed by atoms with E-state index in [0.29, 0.717) is 0 Å². The minimum absolute atomic E-state index is 0.0619. The van der Waals surface area contributed by atoms with Crippen LogP contribution in [0.1, 0.15) is 49.9 Å². The molecule has 11 aromatic carbocycles. The summed E-state index contributed by atoms with van der Waals surface area (Å²) in [6.07, 6.45) is 0. The maximum Gasteiger partial charge on any atom is 0.0541 e. The molecule has 15 rings (SSSR count). The van der Waals surface area contributed by atoms with Crippen LogP contribution in [0, 0.1) is 0 Å². The van der Waals surface area contributed by atoms with Gasteiger partial charge in [-0.05, 0) is 162 Å². The maximum absolute atomic E-state index is 2.46. The zero-order valence-corrected chi connectivity index (χ0v) is 42.0. The quantitative estimate of drug-likeness (QED) is 0.157. The van der Waals surface area contributed by atoms with E-state index in [2.05, 4.69) is 279 Å². The molecule has 2 aliphatic rings. The lowest BCUT2D eigenvalue weighted by Gasteiger charge is -2.22. The Morgan fingerprint density at radius 2 is 0.581 bits per heavy atom. The fraction of sp³-hybridized carbons (Fsp3) is 0.0833. The lowest BCUT2D eigenvalue weighted by atomic mass is 9.80. The van der Waals surface area contributed by atoms with Crippen molar-refractivity contribution < 1.29 is 0 Å². The predicted molar refractivity (Wildman–Crippen MR) is 312 cm³/mol. The number of para-hydroxylation sites is 3. The van der Waals surface area contributed by atoms with Crippen LogP contribution in [0.5, 0.6) is 0 Å². The molecule has 0 bridgehead atoms. The monoisotopic (exact) mass is 944 g/mol. The van der Waals surface area contributed by atoms with Gasteiger partial charge < -0.3 is 9.13 Å². The fourth-order valence-electron chi connectivity index (χ4n) is 13.1. The second-order valence-corrected chi connectivity index (χ2v) is 21.7. The Hall–Kier alpha value is -8.98. The second-order valence-electron chi connectivity index (χ2n) is 21.7. The highest BCUT2D eigenvalue weighted by atomic mass is 15.0. The van der Waals surface area contributed by atoms with Gasteiger partial charge in [-0.15, -0.1) is 0 Å². The van der Waals surface area contributed by atoms with Crippen molar-refractivity contribution in [2.24, 2.45) is 0 Å². The standard InChI is InChI=1S/C72H52N2/c1-71(2)63-19-11-8-16-55(63)58-37-34-54(44-66(58)71)74-68-21-13-10-18-60(68)62-41-50(33-39-70(62)74)46-24-28-48(29-25-46)52-31-36-57-56-35-30-51(42-64(56)72(3,4)65(57)43-52)47-26-22-45(23-27-47)49-32-38-69-61(40-49)59-17-9-12-20-67(59)73(69)53-14-6-5-7-15-53/h5-44H,1-4H3. The Kier molecular flexibility index (Phi) is 9.09. The Balaban J connectivity index is 0.703. The van der Waals surface area contributed by atoms with Crippen LogP contribution in [0.4, 0.5) is 0 Å². The molecule has 0 unspecified atom stereocenters. The predicted octanol–water partition coefficient (Wildman–Crippen LogP) is 19.2. The molecule has 0 saturated carbocycles. The molecule has 2 nitrogen and oxygen atoms in total. The van der Waals surface area contributed by atoms with E-state index in [-0.39, 0.29) is 10.8 Å². The highest BCUT2D eigenvalue weighted by molar-refractivity contribution is 6.12. The number of hydrogen-bond acceptors (Lipinski definition) is 0. The smallest absolute Gasteiger partial charge is 0.0541 e. The van der Waals surface area contributed by atoms with Gasteiger partial charge in [0, 0.05) is 43.7 Å². The van der Waals surface area contributed by atoms with Crippen LogP contribution in [0.2, 0.25) is 0 Å². The average molecular weight is 945 g/mol. The van der Waals surface area contributed by atoms with Crippen LogP contribution >= 0.6 is 0 Å². The molecule has 13 aromatic rings. The first-order valence-corrected chi connectivity index (χ1v) is 26.1. The summed E-state index contributed by atoms with van der Waals surface area (Å²) in [5, 5.41) is 5.07. The van der Waals surface area contributed by atoms with Gasteiger partial charge in [-0.2, -0.15) is 0 Å². The topological polar surface area (TPSA) is 9.86 Å². The third-order valence-electron chi connectivity index (χ3n) is 17.0. The molecule has 2 aliphatic carbocycles. The van der Waals surface area contributed by atoms with Crippen molar-refractivity contribution in [2.45, 2.75) is 38.5 Å². The highest BCUT2D eigenvalue weighted by Gasteiger charge is 2.37. The van der Waals surface area contributed by atoms with Gasteiger partial charge in [-0.25, -0.2) is 0 Å². The third-order valence-corrected chi connectivity index (χ3v) is 17.0. The summed E-state index contributed by atoms with van der Waals surface area (Å²) in [6, 6.07) is 90.7. The summed E-state index contributed by atoms with van der Waals surface area (Å²) in [6.45, 7) is 9.50. The number of hydrogen-bond donors (Lipinski definition) is 0. The minimum Gasteiger partial charge on any atom is -0.309 e. The number of fused-ring (bicyclic) bond motifs is 12. The summed E-state index contributed by atoms with van der Waals surface area (Å²) in [5.74, 6) is 0. The average Bonchev–Trinajstić information content (AvgIpc) is 4.11. The number of benzene rings is 11. The van der Waals surface area contributed by atoms with Gasteiger partial charge in [0.1, 0.15) is 0 Å². The van der Waals surface area contributed by atoms with Crippen molar-refractivity contribution >= 4 is 43.6 Å². The lowest BCUT2D eigenvalue weighted by molar-refractivity contribution is 0.660. The van der Waals surface area contributed by atoms with Crippen LogP contribution in [-0.2, 0) is 10.8 Å². The molecular formula is C72H52N2. The Morgan fingerprint density at radius 3 is 1.11 bits per heavy atom. The van der Waals surface area contributed by atoms with E-state index in [0.717, 1.165) is 0 Å². The van der Waals surface area contributed by atoms with Crippen LogP contribution < -0.4 is 0 Å². The lowest BCUT2D eigenvalue weighted by Crippen LogP contribution is -2.15. The molecule has 0 radical (unpaired) electrons. The molecule has 2 heterocycles. The van der Waals surface area contributed by atoms with Crippen LogP contribution in [-0.4, -0.2) is 9.13 Å². The van der Waals surface area contributed by atoms with E-state index in [1.807, 2.05) is 0 Å². The summed E-state index contributed by atoms with van der Waals surface area (Å²) < 4.78 is 4.83. The third kappa shape index (κ3) is 6.24. The fourth-order valence-corrected chi connectivity index (χ4v) is 13.1. The molecule has 74 heavy (non-hydrogen) atoms. The number of rotatable bonds is 6. The molecule has 0 amide bonds. The summed E-state index contributed by atoms with van der Waals surface area (Å²) in [7, 11) is 0. The molecule has 0 aliphatic heterocycles. The van der Waals surface area contributed by atoms with Gasteiger partial charge in [0.25, 0.3) is 0 Å². The van der Waals surface area contributed by atoms with Gasteiger partial charge >= 0.3 is 0 Å². The van der Waals surface area contributed by atoms with Crippen LogP contribution in [0.15, 0.2) is 243 Å². The van der Waals surface area contributed by atoms with Crippen LogP contribution in [0.3, 0.4) is 0 Å². The SMILES string of the molecule is CC1(C)c2cc(-c3ccc(-c4ccc5c(c4)c4ccccc4n5-c4ccccc4)cc3)ccc2-c2ccc(-c3ccc(-c4ccc5c(c4)c4ccccc4n5-c4ccc5c(c4)C(C)(C)c4ccccc4-5)cc3)cc21. The van der Waals surface area contributed by atoms with Gasteiger partial charge in [0.05, 0.1) is 22.1 Å². The van der Waals surface area contributed by atoms with E-state index in [1.165, 1.54) is 144 Å². The Labute approximate surface area is 432 Å². The Bertz CT molecular complexity index is 4440. The summed E-state index contributed by atoms with van der Waals surface area (Å²) in [4.78, 5) is 0. The van der Waals surface area contributed by atoms with Crippen molar-refractivity contribution in [3.8, 4) is 78.1 Å². The van der Waals surface area contributed by atoms with E-state index in [4.69, 9.17) is 0 Å². The molecular weight excluding hydrogens is 893 g/mol. The molecule has 350 valence electrons. The van der Waals surface area contributed by atoms with Gasteiger partial charge in [0.15, 0.2) is 0 Å². The maximum atomic E-state index is 2.46. The molecule has 0 N–H and O–H groups in total. The number of nitrogens with zero attached hydrogens (tertiary/aromatic N) is 2. The first kappa shape index (κ1) is 42.7. The molecule has 2 heteroatoms. The second kappa shape index (κ2) is 15.8. The summed E-state index contributed by atoms with van der Waals surface area (Å²) >= 11 is 0. The van der Waals surface area contributed by atoms with Gasteiger partial charge in [-0.1, -0.05) is 198 Å². The molecule has 0 fully saturated rings. The minimum atomic E-state index is -0.152. The van der Waals surface area contributed by atoms with E-state index < -0.39 is 0 Å². The van der Waals surface area contributed by atoms with E-state index in [9.17, 15) is 0 Å². The van der Waals surface area contributed by atoms with Crippen molar-refractivity contribution in [2.75, 3.05) is 0 Å². The Morgan fingerprint density at radius 1 is 0.230 bits per heavy atom. The van der Waals surface area contributed by atoms with Crippen molar-refractivity contribution in [1.29, 1.82) is 0 Å². The van der Waals surface area contributed by atoms with Crippen LogP contribution in [0.25, 0.3) is 122 Å². The van der Waals surface area contributed by atoms with Gasteiger partial charge in [0.2, 0.25) is 0 Å². The molecule has 0 atom stereocenters. The summed E-state index contributed by atoms with van der Waals surface area (Å²) in [5.41, 5.74) is 27.8. The molecule has 0 saturated heterocycles. The molecule has 2 aromatic heterocycles. The number of aromatic nitrogens is 2. The van der Waals surface area contributed by atoms with Gasteiger partial charge in [-0.3, -0.25) is 0 Å². The largest absolute Gasteiger partial charge is 0.309 e. The molecule has 0 spiro atoms. The van der Waals surface area contributed by atoms with E-state index >= 15 is 0 Å². The van der Waals surface area contributed by atoms with E-state index in [1.54, 1.807) is 0 Å². The first-order valence-electron chi connectivity index (χ1n) is 26.1. The first-order chi connectivity index (χ1) is 36.2.